The van der Waals surface area contributed by atoms with Crippen LogP contribution in [0.15, 0.2) is 12.2 Å². The maximum Gasteiger partial charge on any atom is 0.243 e. The van der Waals surface area contributed by atoms with Gasteiger partial charge in [-0.2, -0.15) is 0 Å². The van der Waals surface area contributed by atoms with E-state index in [0.717, 1.165) is 6.42 Å². The summed E-state index contributed by atoms with van der Waals surface area (Å²) in [5.41, 5.74) is 0. The Morgan fingerprint density at radius 3 is 2.89 bits per heavy atom. The van der Waals surface area contributed by atoms with Crippen molar-refractivity contribution < 1.29 is 4.79 Å². The minimum Gasteiger partial charge on any atom is -0.356 e. The van der Waals surface area contributed by atoms with Gasteiger partial charge in [-0.3, -0.25) is 4.79 Å². The molecule has 0 heterocycles. The van der Waals surface area contributed by atoms with Gasteiger partial charge in [-0.15, -0.1) is 11.6 Å². The van der Waals surface area contributed by atoms with Crippen LogP contribution >= 0.6 is 11.6 Å². The Bertz CT molecular complexity index is 112. The number of halogens is 1. The molecule has 0 aliphatic rings. The zero-order valence-electron chi connectivity index (χ0n) is 5.36. The van der Waals surface area contributed by atoms with Crippen LogP contribution in [0.1, 0.15) is 6.42 Å². The smallest absolute Gasteiger partial charge is 0.243 e. The normalized spacial score (nSPS) is 10.0. The van der Waals surface area contributed by atoms with Crippen molar-refractivity contribution in [2.24, 2.45) is 0 Å². The highest BCUT2D eigenvalue weighted by Crippen LogP contribution is 1.85. The van der Waals surface area contributed by atoms with Gasteiger partial charge in [0.25, 0.3) is 0 Å². The van der Waals surface area contributed by atoms with Gasteiger partial charge in [0.1, 0.15) is 0 Å². The van der Waals surface area contributed by atoms with E-state index in [0.29, 0.717) is 5.88 Å². The van der Waals surface area contributed by atoms with Crippen LogP contribution in [0.4, 0.5) is 0 Å². The van der Waals surface area contributed by atoms with E-state index < -0.39 is 0 Å². The first-order valence-electron chi connectivity index (χ1n) is 2.75. The number of hydrogen-bond donors (Lipinski definition) is 1. The molecule has 0 aromatic heterocycles. The van der Waals surface area contributed by atoms with Gasteiger partial charge in [0.2, 0.25) is 5.91 Å². The largest absolute Gasteiger partial charge is 0.356 e. The number of nitrogens with one attached hydrogen (secondary N) is 1. The predicted molar refractivity (Wildman–Crippen MR) is 38.5 cm³/mol. The van der Waals surface area contributed by atoms with Gasteiger partial charge in [-0.25, -0.2) is 0 Å². The van der Waals surface area contributed by atoms with Crippen LogP contribution in [-0.4, -0.2) is 18.8 Å². The molecule has 2 nitrogen and oxygen atoms in total. The average Bonchev–Trinajstić information content (AvgIpc) is 1.89. The van der Waals surface area contributed by atoms with E-state index in [-0.39, 0.29) is 5.91 Å². The van der Waals surface area contributed by atoms with Crippen molar-refractivity contribution in [3.8, 4) is 0 Å². The second-order valence-electron chi connectivity index (χ2n) is 1.49. The molecule has 0 spiro atoms. The molecule has 3 heteroatoms. The van der Waals surface area contributed by atoms with E-state index in [1.807, 2.05) is 0 Å². The molecule has 0 aromatic carbocycles. The summed E-state index contributed by atoms with van der Waals surface area (Å²) in [6.45, 7) is 0. The number of amides is 1. The van der Waals surface area contributed by atoms with Crippen LogP contribution in [0.25, 0.3) is 0 Å². The molecule has 0 unspecified atom stereocenters. The van der Waals surface area contributed by atoms with Gasteiger partial charge in [-0.05, 0) is 12.5 Å². The fourth-order valence-electron chi connectivity index (χ4n) is 0.337. The molecule has 9 heavy (non-hydrogen) atoms. The van der Waals surface area contributed by atoms with Gasteiger partial charge in [-0.1, -0.05) is 6.08 Å². The number of rotatable bonds is 3. The predicted octanol–water partition coefficient (Wildman–Crippen LogP) is 0.917. The minimum atomic E-state index is -0.0832. The number of carbonyl (C=O) groups is 1. The highest BCUT2D eigenvalue weighted by atomic mass is 35.5. The Kier molecular flexibility index (Phi) is 5.32. The van der Waals surface area contributed by atoms with Gasteiger partial charge >= 0.3 is 0 Å². The molecular weight excluding hydrogens is 138 g/mol. The average molecular weight is 148 g/mol. The molecule has 0 aliphatic carbocycles. The minimum absolute atomic E-state index is 0.0832. The Hall–Kier alpha value is -0.500. The Labute approximate surface area is 59.9 Å². The van der Waals surface area contributed by atoms with E-state index >= 15 is 0 Å². The number of carbonyl (C=O) groups excluding carboxylic acids is 1. The van der Waals surface area contributed by atoms with Crippen molar-refractivity contribution in [2.45, 2.75) is 6.42 Å². The lowest BCUT2D eigenvalue weighted by atomic mass is 10.4. The van der Waals surface area contributed by atoms with Crippen LogP contribution in [0.2, 0.25) is 0 Å². The number of hydrogen-bond acceptors (Lipinski definition) is 1. The van der Waals surface area contributed by atoms with Gasteiger partial charge in [0, 0.05) is 12.9 Å². The quantitative estimate of drug-likeness (QED) is 0.467. The third-order valence-corrected chi connectivity index (χ3v) is 1.01. The third-order valence-electron chi connectivity index (χ3n) is 0.791. The molecule has 0 bridgehead atoms. The molecule has 0 saturated carbocycles. The molecule has 0 aromatic rings. The molecule has 0 fully saturated rings. The number of likely N-dealkylation sites (N-methyl/N-ethyl adjacent to an activating group) is 1. The molecule has 0 atom stereocenters. The topological polar surface area (TPSA) is 29.1 Å². The molecule has 0 aliphatic heterocycles. The van der Waals surface area contributed by atoms with Gasteiger partial charge in [0.05, 0.1) is 0 Å². The lowest BCUT2D eigenvalue weighted by Crippen LogP contribution is -2.13. The first-order chi connectivity index (χ1) is 4.31. The highest BCUT2D eigenvalue weighted by molar-refractivity contribution is 6.17. The first-order valence-corrected chi connectivity index (χ1v) is 3.29. The molecule has 0 saturated heterocycles. The molecular formula is C6H10ClNO. The van der Waals surface area contributed by atoms with E-state index in [2.05, 4.69) is 5.32 Å². The van der Waals surface area contributed by atoms with Crippen LogP contribution in [-0.2, 0) is 4.79 Å². The lowest BCUT2D eigenvalue weighted by Gasteiger charge is -1.87. The monoisotopic (exact) mass is 147 g/mol. The number of alkyl halides is 1. The fourth-order valence-corrected chi connectivity index (χ4v) is 0.463. The van der Waals surface area contributed by atoms with Crippen molar-refractivity contribution in [1.29, 1.82) is 0 Å². The Balaban J connectivity index is 3.32. The zero-order chi connectivity index (χ0) is 7.11. The number of allylic oxidation sites excluding steroid dienone is 1. The summed E-state index contributed by atoms with van der Waals surface area (Å²) in [5, 5.41) is 2.46. The van der Waals surface area contributed by atoms with Crippen molar-refractivity contribution in [3.05, 3.63) is 12.2 Å². The van der Waals surface area contributed by atoms with E-state index in [9.17, 15) is 4.79 Å². The summed E-state index contributed by atoms with van der Waals surface area (Å²) in [6.07, 6.45) is 3.96. The summed E-state index contributed by atoms with van der Waals surface area (Å²) < 4.78 is 0. The standard InChI is InChI=1S/C6H10ClNO/c1-8-6(9)4-2-3-5-7/h2,4H,3,5H2,1H3,(H,8,9)/b4-2+. The van der Waals surface area contributed by atoms with Crippen molar-refractivity contribution in [2.75, 3.05) is 12.9 Å². The molecule has 0 rings (SSSR count). The van der Waals surface area contributed by atoms with E-state index in [4.69, 9.17) is 11.6 Å². The second kappa shape index (κ2) is 5.63. The van der Waals surface area contributed by atoms with E-state index in [1.54, 1.807) is 13.1 Å². The van der Waals surface area contributed by atoms with E-state index in [1.165, 1.54) is 6.08 Å². The Morgan fingerprint density at radius 2 is 2.44 bits per heavy atom. The third kappa shape index (κ3) is 5.37. The van der Waals surface area contributed by atoms with Crippen LogP contribution < -0.4 is 5.32 Å². The van der Waals surface area contributed by atoms with Crippen molar-refractivity contribution >= 4 is 17.5 Å². The molecule has 0 radical (unpaired) electrons. The summed E-state index contributed by atoms with van der Waals surface area (Å²) in [5.74, 6) is 0.480. The van der Waals surface area contributed by atoms with Crippen LogP contribution in [0.3, 0.4) is 0 Å². The SMILES string of the molecule is CNC(=O)/C=C/CCCl. The molecule has 1 N–H and O–H groups in total. The van der Waals surface area contributed by atoms with Crippen molar-refractivity contribution in [1.82, 2.24) is 5.32 Å². The highest BCUT2D eigenvalue weighted by Gasteiger charge is 1.84. The van der Waals surface area contributed by atoms with Crippen molar-refractivity contribution in [3.63, 3.8) is 0 Å². The Morgan fingerprint density at radius 1 is 1.78 bits per heavy atom. The first kappa shape index (κ1) is 8.50. The summed E-state index contributed by atoms with van der Waals surface area (Å²) >= 11 is 5.35. The molecule has 52 valence electrons. The zero-order valence-corrected chi connectivity index (χ0v) is 6.11. The van der Waals surface area contributed by atoms with Crippen LogP contribution in [0, 0.1) is 0 Å². The van der Waals surface area contributed by atoms with Gasteiger partial charge < -0.3 is 5.32 Å². The fraction of sp³-hybridized carbons (Fsp3) is 0.500. The van der Waals surface area contributed by atoms with Crippen LogP contribution in [0.5, 0.6) is 0 Å². The van der Waals surface area contributed by atoms with Gasteiger partial charge in [0.15, 0.2) is 0 Å². The summed E-state index contributed by atoms with van der Waals surface area (Å²) in [4.78, 5) is 10.4. The maximum absolute atomic E-state index is 10.4. The second-order valence-corrected chi connectivity index (χ2v) is 1.87. The maximum atomic E-state index is 10.4. The molecule has 1 amide bonds. The lowest BCUT2D eigenvalue weighted by molar-refractivity contribution is -0.116. The summed E-state index contributed by atoms with van der Waals surface area (Å²) in [7, 11) is 1.59. The summed E-state index contributed by atoms with van der Waals surface area (Å²) in [6, 6.07) is 0.